The van der Waals surface area contributed by atoms with Crippen LogP contribution in [0.2, 0.25) is 0 Å². The van der Waals surface area contributed by atoms with E-state index >= 15 is 0 Å². The Morgan fingerprint density at radius 2 is 1.67 bits per heavy atom. The summed E-state index contributed by atoms with van der Waals surface area (Å²) in [5, 5.41) is 14.9. The van der Waals surface area contributed by atoms with Gasteiger partial charge in [0, 0.05) is 11.1 Å². The molecule has 0 amide bonds. The van der Waals surface area contributed by atoms with E-state index in [4.69, 9.17) is 0 Å². The third-order valence-corrected chi connectivity index (χ3v) is 4.31. The maximum absolute atomic E-state index is 12.7. The quantitative estimate of drug-likeness (QED) is 0.720. The number of aryl methyl sites for hydroxylation is 1. The van der Waals surface area contributed by atoms with Crippen LogP contribution in [0.3, 0.4) is 0 Å². The Labute approximate surface area is 136 Å². The zero-order chi connectivity index (χ0) is 16.9. The summed E-state index contributed by atoms with van der Waals surface area (Å²) in [5.74, 6) is -0.0146. The van der Waals surface area contributed by atoms with Crippen molar-refractivity contribution in [3.8, 4) is 22.8 Å². The molecular formula is C18H13F3N2O. The topological polar surface area (TPSA) is 38.1 Å². The summed E-state index contributed by atoms with van der Waals surface area (Å²) < 4.78 is 39.3. The van der Waals surface area contributed by atoms with Crippen molar-refractivity contribution in [1.82, 2.24) is 9.78 Å². The van der Waals surface area contributed by atoms with Crippen LogP contribution in [0, 0.1) is 0 Å². The summed E-state index contributed by atoms with van der Waals surface area (Å²) in [5.41, 5.74) is 3.20. The predicted octanol–water partition coefficient (Wildman–Crippen LogP) is 4.36. The Bertz CT molecular complexity index is 911. The van der Waals surface area contributed by atoms with Crippen LogP contribution < -0.4 is 0 Å². The summed E-state index contributed by atoms with van der Waals surface area (Å²) in [4.78, 5) is 0. The number of aromatic nitrogens is 2. The number of fused-ring (bicyclic) bond motifs is 3. The van der Waals surface area contributed by atoms with Crippen molar-refractivity contribution in [2.45, 2.75) is 19.0 Å². The first-order chi connectivity index (χ1) is 11.4. The van der Waals surface area contributed by atoms with E-state index in [2.05, 4.69) is 5.10 Å². The van der Waals surface area contributed by atoms with E-state index in [9.17, 15) is 18.3 Å². The third-order valence-electron chi connectivity index (χ3n) is 4.31. The molecule has 0 saturated carbocycles. The van der Waals surface area contributed by atoms with Crippen LogP contribution in [0.25, 0.3) is 16.9 Å². The highest BCUT2D eigenvalue weighted by Gasteiger charge is 2.30. The summed E-state index contributed by atoms with van der Waals surface area (Å²) in [6.07, 6.45) is -2.93. The highest BCUT2D eigenvalue weighted by molar-refractivity contribution is 5.72. The molecule has 1 N–H and O–H groups in total. The van der Waals surface area contributed by atoms with Gasteiger partial charge in [0.15, 0.2) is 0 Å². The first kappa shape index (κ1) is 14.8. The smallest absolute Gasteiger partial charge is 0.416 e. The van der Waals surface area contributed by atoms with E-state index in [1.165, 1.54) is 16.8 Å². The Balaban J connectivity index is 1.81. The first-order valence-corrected chi connectivity index (χ1v) is 7.52. The minimum Gasteiger partial charge on any atom is -0.493 e. The number of aromatic hydroxyl groups is 1. The molecule has 24 heavy (non-hydrogen) atoms. The van der Waals surface area contributed by atoms with Crippen molar-refractivity contribution < 1.29 is 18.3 Å². The number of hydrogen-bond acceptors (Lipinski definition) is 2. The molecule has 0 unspecified atom stereocenters. The van der Waals surface area contributed by atoms with Gasteiger partial charge in [0.05, 0.1) is 11.3 Å². The van der Waals surface area contributed by atoms with Crippen LogP contribution in [-0.2, 0) is 19.0 Å². The lowest BCUT2D eigenvalue weighted by molar-refractivity contribution is -0.137. The fourth-order valence-electron chi connectivity index (χ4n) is 3.09. The molecule has 1 aliphatic carbocycles. The molecule has 0 atom stereocenters. The highest BCUT2D eigenvalue weighted by Crippen LogP contribution is 2.38. The Kier molecular flexibility index (Phi) is 3.16. The molecule has 0 spiro atoms. The van der Waals surface area contributed by atoms with E-state index in [0.29, 0.717) is 17.8 Å². The Morgan fingerprint density at radius 1 is 0.958 bits per heavy atom. The minimum absolute atomic E-state index is 0.0146. The van der Waals surface area contributed by atoms with Gasteiger partial charge in [-0.25, -0.2) is 4.68 Å². The summed E-state index contributed by atoms with van der Waals surface area (Å²) in [6, 6.07) is 12.4. The molecule has 0 aliphatic heterocycles. The highest BCUT2D eigenvalue weighted by atomic mass is 19.4. The maximum Gasteiger partial charge on any atom is 0.416 e. The SMILES string of the molecule is Oc1c2c(nn1-c1ccc(C(F)(F)F)cc1)-c1ccccc1CC2. The molecule has 0 saturated heterocycles. The lowest BCUT2D eigenvalue weighted by Crippen LogP contribution is -2.05. The monoisotopic (exact) mass is 330 g/mol. The number of nitrogens with zero attached hydrogens (tertiary/aromatic N) is 2. The number of benzene rings is 2. The minimum atomic E-state index is -4.39. The van der Waals surface area contributed by atoms with Gasteiger partial charge in [-0.15, -0.1) is 0 Å². The summed E-state index contributed by atoms with van der Waals surface area (Å²) in [6.45, 7) is 0. The molecule has 1 aliphatic rings. The van der Waals surface area contributed by atoms with Crippen molar-refractivity contribution in [1.29, 1.82) is 0 Å². The van der Waals surface area contributed by atoms with E-state index in [-0.39, 0.29) is 5.88 Å². The fraction of sp³-hybridized carbons (Fsp3) is 0.167. The molecule has 6 heteroatoms. The second-order valence-electron chi connectivity index (χ2n) is 5.76. The van der Waals surface area contributed by atoms with E-state index in [1.54, 1.807) is 0 Å². The van der Waals surface area contributed by atoms with E-state index < -0.39 is 11.7 Å². The van der Waals surface area contributed by atoms with Crippen LogP contribution in [0.5, 0.6) is 5.88 Å². The Morgan fingerprint density at radius 3 is 2.38 bits per heavy atom. The van der Waals surface area contributed by atoms with Gasteiger partial charge in [-0.3, -0.25) is 0 Å². The molecule has 0 radical (unpaired) electrons. The van der Waals surface area contributed by atoms with Gasteiger partial charge in [-0.2, -0.15) is 18.3 Å². The van der Waals surface area contributed by atoms with Gasteiger partial charge in [0.25, 0.3) is 0 Å². The number of hydrogen-bond donors (Lipinski definition) is 1. The first-order valence-electron chi connectivity index (χ1n) is 7.52. The van der Waals surface area contributed by atoms with Crippen molar-refractivity contribution in [2.24, 2.45) is 0 Å². The average Bonchev–Trinajstić information content (AvgIpc) is 2.92. The van der Waals surface area contributed by atoms with Gasteiger partial charge in [-0.1, -0.05) is 24.3 Å². The Hall–Kier alpha value is -2.76. The van der Waals surface area contributed by atoms with Crippen LogP contribution in [0.4, 0.5) is 13.2 Å². The molecule has 2 aromatic carbocycles. The average molecular weight is 330 g/mol. The second kappa shape index (κ2) is 5.12. The van der Waals surface area contributed by atoms with Crippen LogP contribution >= 0.6 is 0 Å². The maximum atomic E-state index is 12.7. The van der Waals surface area contributed by atoms with Crippen molar-refractivity contribution >= 4 is 0 Å². The van der Waals surface area contributed by atoms with Crippen LogP contribution in [0.15, 0.2) is 48.5 Å². The normalized spacial score (nSPS) is 13.5. The van der Waals surface area contributed by atoms with Crippen LogP contribution in [-0.4, -0.2) is 14.9 Å². The number of halogens is 3. The van der Waals surface area contributed by atoms with Crippen LogP contribution in [0.1, 0.15) is 16.7 Å². The lowest BCUT2D eigenvalue weighted by Gasteiger charge is -2.14. The largest absolute Gasteiger partial charge is 0.493 e. The molecule has 3 aromatic rings. The molecule has 4 rings (SSSR count). The molecule has 1 aromatic heterocycles. The van der Waals surface area contributed by atoms with Crippen molar-refractivity contribution in [3.05, 3.63) is 65.2 Å². The molecule has 0 bridgehead atoms. The molecule has 122 valence electrons. The predicted molar refractivity (Wildman–Crippen MR) is 83.1 cm³/mol. The molecule has 3 nitrogen and oxygen atoms in total. The summed E-state index contributed by atoms with van der Waals surface area (Å²) >= 11 is 0. The van der Waals surface area contributed by atoms with Gasteiger partial charge >= 0.3 is 6.18 Å². The lowest BCUT2D eigenvalue weighted by atomic mass is 9.90. The molecule has 0 fully saturated rings. The van der Waals surface area contributed by atoms with Gasteiger partial charge in [0.1, 0.15) is 5.69 Å². The fourth-order valence-corrected chi connectivity index (χ4v) is 3.09. The van der Waals surface area contributed by atoms with Gasteiger partial charge < -0.3 is 5.11 Å². The van der Waals surface area contributed by atoms with Gasteiger partial charge in [-0.05, 0) is 42.7 Å². The standard InChI is InChI=1S/C18H13F3N2O/c19-18(20,21)12-6-8-13(9-7-12)23-17(24)15-10-5-11-3-1-2-4-14(11)16(15)22-23/h1-4,6-9,24H,5,10H2. The summed E-state index contributed by atoms with van der Waals surface area (Å²) in [7, 11) is 0. The molecule has 1 heterocycles. The number of alkyl halides is 3. The second-order valence-corrected chi connectivity index (χ2v) is 5.76. The zero-order valence-corrected chi connectivity index (χ0v) is 12.5. The van der Waals surface area contributed by atoms with E-state index in [0.717, 1.165) is 35.2 Å². The van der Waals surface area contributed by atoms with Gasteiger partial charge in [0.2, 0.25) is 5.88 Å². The number of rotatable bonds is 1. The third kappa shape index (κ3) is 2.26. The van der Waals surface area contributed by atoms with Crippen molar-refractivity contribution in [3.63, 3.8) is 0 Å². The van der Waals surface area contributed by atoms with E-state index in [1.807, 2.05) is 24.3 Å². The molecular weight excluding hydrogens is 317 g/mol. The zero-order valence-electron chi connectivity index (χ0n) is 12.5. The van der Waals surface area contributed by atoms with Crippen molar-refractivity contribution in [2.75, 3.05) is 0 Å².